The lowest BCUT2D eigenvalue weighted by molar-refractivity contribution is 0.414. The molecule has 0 amide bonds. The lowest BCUT2D eigenvalue weighted by Gasteiger charge is -2.16. The van der Waals surface area contributed by atoms with Crippen LogP contribution in [0.4, 0.5) is 10.1 Å². The van der Waals surface area contributed by atoms with E-state index in [1.807, 2.05) is 0 Å². The number of rotatable bonds is 4. The molecular formula is C14H21FN2O2S. The van der Waals surface area contributed by atoms with Gasteiger partial charge in [-0.2, -0.15) is 0 Å². The predicted molar refractivity (Wildman–Crippen MR) is 77.2 cm³/mol. The Kier molecular flexibility index (Phi) is 4.34. The van der Waals surface area contributed by atoms with Crippen molar-refractivity contribution in [1.29, 1.82) is 0 Å². The van der Waals surface area contributed by atoms with Crippen molar-refractivity contribution in [2.45, 2.75) is 38.0 Å². The van der Waals surface area contributed by atoms with Crippen LogP contribution in [0.1, 0.15) is 31.7 Å². The lowest BCUT2D eigenvalue weighted by atomic mass is 9.99. The summed E-state index contributed by atoms with van der Waals surface area (Å²) in [4.78, 5) is -0.369. The molecule has 0 aromatic heterocycles. The second kappa shape index (κ2) is 5.69. The first-order valence-electron chi connectivity index (χ1n) is 6.86. The number of halogens is 1. The number of nitrogens with two attached hydrogens (primary N) is 1. The smallest absolute Gasteiger partial charge is 0.243 e. The molecule has 3 N–H and O–H groups in total. The summed E-state index contributed by atoms with van der Waals surface area (Å²) in [5, 5.41) is 0. The van der Waals surface area contributed by atoms with Crippen molar-refractivity contribution in [3.8, 4) is 0 Å². The summed E-state index contributed by atoms with van der Waals surface area (Å²) in [5.74, 6) is 0.0740. The summed E-state index contributed by atoms with van der Waals surface area (Å²) in [6.45, 7) is 4.12. The van der Waals surface area contributed by atoms with Crippen molar-refractivity contribution in [2.24, 2.45) is 11.8 Å². The number of anilines is 1. The highest BCUT2D eigenvalue weighted by Gasteiger charge is 2.26. The molecule has 2 unspecified atom stereocenters. The fourth-order valence-electron chi connectivity index (χ4n) is 2.69. The van der Waals surface area contributed by atoms with Crippen LogP contribution in [-0.2, 0) is 10.0 Å². The van der Waals surface area contributed by atoms with Gasteiger partial charge >= 0.3 is 0 Å². The molecule has 2 rings (SSSR count). The number of nitrogens with one attached hydrogen (secondary N) is 1. The third-order valence-electron chi connectivity index (χ3n) is 4.18. The molecule has 0 saturated heterocycles. The first-order valence-corrected chi connectivity index (χ1v) is 8.35. The maximum atomic E-state index is 13.8. The number of hydrogen-bond donors (Lipinski definition) is 2. The highest BCUT2D eigenvalue weighted by atomic mass is 32.2. The van der Waals surface area contributed by atoms with Crippen LogP contribution in [0, 0.1) is 24.6 Å². The van der Waals surface area contributed by atoms with Gasteiger partial charge in [-0.25, -0.2) is 17.5 Å². The number of benzene rings is 1. The molecule has 1 aliphatic rings. The van der Waals surface area contributed by atoms with Gasteiger partial charge in [0.05, 0.1) is 0 Å². The molecule has 2 atom stereocenters. The lowest BCUT2D eigenvalue weighted by Crippen LogP contribution is -2.31. The van der Waals surface area contributed by atoms with Gasteiger partial charge in [0.1, 0.15) is 10.7 Å². The fourth-order valence-corrected chi connectivity index (χ4v) is 3.88. The third-order valence-corrected chi connectivity index (χ3v) is 5.62. The number of nitrogen functional groups attached to an aromatic ring is 1. The number of sulfonamides is 1. The van der Waals surface area contributed by atoms with Gasteiger partial charge in [-0.05, 0) is 42.9 Å². The maximum Gasteiger partial charge on any atom is 0.243 e. The third kappa shape index (κ3) is 3.12. The van der Waals surface area contributed by atoms with E-state index in [0.29, 0.717) is 23.9 Å². The van der Waals surface area contributed by atoms with E-state index in [4.69, 9.17) is 5.73 Å². The number of aryl methyl sites for hydroxylation is 1. The van der Waals surface area contributed by atoms with Crippen LogP contribution in [-0.4, -0.2) is 15.0 Å². The Morgan fingerprint density at radius 2 is 2.10 bits per heavy atom. The summed E-state index contributed by atoms with van der Waals surface area (Å²) < 4.78 is 40.7. The zero-order chi connectivity index (χ0) is 14.9. The van der Waals surface area contributed by atoms with E-state index in [0.717, 1.165) is 25.3 Å². The average molecular weight is 300 g/mol. The molecule has 20 heavy (non-hydrogen) atoms. The fraction of sp³-hybridized carbons (Fsp3) is 0.571. The van der Waals surface area contributed by atoms with E-state index < -0.39 is 15.8 Å². The second-order valence-corrected chi connectivity index (χ2v) is 7.39. The molecule has 0 bridgehead atoms. The Morgan fingerprint density at radius 3 is 2.70 bits per heavy atom. The maximum absolute atomic E-state index is 13.8. The molecule has 1 fully saturated rings. The first-order chi connectivity index (χ1) is 9.31. The Morgan fingerprint density at radius 1 is 1.40 bits per heavy atom. The predicted octanol–water partition coefficient (Wildman–Crippen LogP) is 2.43. The highest BCUT2D eigenvalue weighted by molar-refractivity contribution is 7.89. The molecule has 1 aromatic rings. The Labute approximate surface area is 119 Å². The van der Waals surface area contributed by atoms with Crippen LogP contribution < -0.4 is 10.5 Å². The standard InChI is InChI=1S/C14H21FN2O2S/c1-9-4-3-5-11(9)8-17-20(18,19)14-7-13(16)10(2)6-12(14)15/h6-7,9,11,17H,3-5,8,16H2,1-2H3. The highest BCUT2D eigenvalue weighted by Crippen LogP contribution is 2.31. The molecule has 1 aromatic carbocycles. The van der Waals surface area contributed by atoms with Crippen molar-refractivity contribution < 1.29 is 12.8 Å². The van der Waals surface area contributed by atoms with E-state index in [2.05, 4.69) is 11.6 Å². The zero-order valence-corrected chi connectivity index (χ0v) is 12.6. The van der Waals surface area contributed by atoms with E-state index >= 15 is 0 Å². The minimum Gasteiger partial charge on any atom is -0.398 e. The first kappa shape index (κ1) is 15.3. The van der Waals surface area contributed by atoms with E-state index in [-0.39, 0.29) is 10.6 Å². The van der Waals surface area contributed by atoms with Crippen molar-refractivity contribution in [2.75, 3.05) is 12.3 Å². The molecule has 0 spiro atoms. The molecule has 0 heterocycles. The van der Waals surface area contributed by atoms with Crippen LogP contribution in [0.15, 0.2) is 17.0 Å². The normalized spacial score (nSPS) is 23.1. The van der Waals surface area contributed by atoms with Gasteiger partial charge < -0.3 is 5.73 Å². The summed E-state index contributed by atoms with van der Waals surface area (Å²) in [7, 11) is -3.85. The molecule has 0 aliphatic heterocycles. The molecule has 1 saturated carbocycles. The minimum absolute atomic E-state index is 0.279. The summed E-state index contributed by atoms with van der Waals surface area (Å²) >= 11 is 0. The minimum atomic E-state index is -3.85. The van der Waals surface area contributed by atoms with Crippen molar-refractivity contribution >= 4 is 15.7 Å². The zero-order valence-electron chi connectivity index (χ0n) is 11.8. The molecule has 0 radical (unpaired) electrons. The van der Waals surface area contributed by atoms with Gasteiger partial charge in [0.15, 0.2) is 0 Å². The topological polar surface area (TPSA) is 72.2 Å². The van der Waals surface area contributed by atoms with Crippen LogP contribution >= 0.6 is 0 Å². The quantitative estimate of drug-likeness (QED) is 0.839. The Balaban J connectivity index is 2.16. The number of hydrogen-bond acceptors (Lipinski definition) is 3. The average Bonchev–Trinajstić information content (AvgIpc) is 2.77. The van der Waals surface area contributed by atoms with Crippen LogP contribution in [0.5, 0.6) is 0 Å². The largest absolute Gasteiger partial charge is 0.398 e. The van der Waals surface area contributed by atoms with Gasteiger partial charge in [-0.15, -0.1) is 0 Å². The SMILES string of the molecule is Cc1cc(F)c(S(=O)(=O)NCC2CCCC2C)cc1N. The monoisotopic (exact) mass is 300 g/mol. The van der Waals surface area contributed by atoms with Crippen molar-refractivity contribution in [3.05, 3.63) is 23.5 Å². The van der Waals surface area contributed by atoms with Gasteiger partial charge in [0.2, 0.25) is 10.0 Å². The van der Waals surface area contributed by atoms with Crippen LogP contribution in [0.2, 0.25) is 0 Å². The molecule has 1 aliphatic carbocycles. The van der Waals surface area contributed by atoms with E-state index in [9.17, 15) is 12.8 Å². The van der Waals surface area contributed by atoms with E-state index in [1.54, 1.807) is 6.92 Å². The van der Waals surface area contributed by atoms with Crippen LogP contribution in [0.25, 0.3) is 0 Å². The van der Waals surface area contributed by atoms with Gasteiger partial charge in [-0.3, -0.25) is 0 Å². The summed E-state index contributed by atoms with van der Waals surface area (Å²) in [6.07, 6.45) is 3.26. The second-order valence-electron chi connectivity index (χ2n) is 5.66. The Hall–Kier alpha value is -1.14. The Bertz CT molecular complexity index is 601. The molecular weight excluding hydrogens is 279 g/mol. The summed E-state index contributed by atoms with van der Waals surface area (Å²) in [5.41, 5.74) is 6.48. The van der Waals surface area contributed by atoms with Crippen molar-refractivity contribution in [1.82, 2.24) is 4.72 Å². The van der Waals surface area contributed by atoms with Gasteiger partial charge in [0.25, 0.3) is 0 Å². The van der Waals surface area contributed by atoms with E-state index in [1.165, 1.54) is 6.07 Å². The molecule has 6 heteroatoms. The molecule has 4 nitrogen and oxygen atoms in total. The van der Waals surface area contributed by atoms with Crippen LogP contribution in [0.3, 0.4) is 0 Å². The van der Waals surface area contributed by atoms with Crippen molar-refractivity contribution in [3.63, 3.8) is 0 Å². The van der Waals surface area contributed by atoms with Gasteiger partial charge in [-0.1, -0.05) is 19.8 Å². The summed E-state index contributed by atoms with van der Waals surface area (Å²) in [6, 6.07) is 2.34. The molecule has 112 valence electrons. The van der Waals surface area contributed by atoms with Gasteiger partial charge in [0, 0.05) is 12.2 Å².